The Bertz CT molecular complexity index is 648. The van der Waals surface area contributed by atoms with E-state index in [1.165, 1.54) is 25.7 Å². The van der Waals surface area contributed by atoms with Crippen molar-refractivity contribution in [1.82, 2.24) is 9.97 Å². The van der Waals surface area contributed by atoms with Crippen molar-refractivity contribution in [2.45, 2.75) is 38.6 Å². The van der Waals surface area contributed by atoms with Gasteiger partial charge in [0.15, 0.2) is 5.78 Å². The molecular weight excluding hydrogens is 276 g/mol. The third-order valence-corrected chi connectivity index (χ3v) is 3.91. The van der Waals surface area contributed by atoms with Gasteiger partial charge in [0.2, 0.25) is 5.95 Å². The number of carbonyl (C=O) groups excluding carboxylic acids is 1. The molecule has 1 saturated carbocycles. The van der Waals surface area contributed by atoms with Crippen molar-refractivity contribution in [3.8, 4) is 0 Å². The first-order valence-electron chi connectivity index (χ1n) is 7.68. The maximum Gasteiger partial charge on any atom is 0.229 e. The van der Waals surface area contributed by atoms with E-state index in [0.717, 1.165) is 11.5 Å². The second-order valence-electron chi connectivity index (χ2n) is 5.65. The van der Waals surface area contributed by atoms with Crippen LogP contribution in [0, 0.1) is 0 Å². The van der Waals surface area contributed by atoms with Crippen molar-refractivity contribution in [2.24, 2.45) is 0 Å². The summed E-state index contributed by atoms with van der Waals surface area (Å²) in [5.41, 5.74) is 1.56. The first-order chi connectivity index (χ1) is 10.7. The summed E-state index contributed by atoms with van der Waals surface area (Å²) in [6, 6.07) is 9.73. The van der Waals surface area contributed by atoms with Gasteiger partial charge in [0.1, 0.15) is 5.82 Å². The number of rotatable bonds is 5. The summed E-state index contributed by atoms with van der Waals surface area (Å²) in [6.45, 7) is 1.56. The number of carbonyl (C=O) groups is 1. The molecule has 5 nitrogen and oxygen atoms in total. The lowest BCUT2D eigenvalue weighted by Gasteiger charge is -2.13. The molecule has 1 aromatic heterocycles. The van der Waals surface area contributed by atoms with Gasteiger partial charge in [-0.25, -0.2) is 4.98 Å². The maximum atomic E-state index is 11.3. The van der Waals surface area contributed by atoms with E-state index < -0.39 is 0 Å². The summed E-state index contributed by atoms with van der Waals surface area (Å²) in [5.74, 6) is 1.47. The predicted octanol–water partition coefficient (Wildman–Crippen LogP) is 3.78. The van der Waals surface area contributed by atoms with Gasteiger partial charge in [-0.1, -0.05) is 12.8 Å². The number of anilines is 3. The fourth-order valence-electron chi connectivity index (χ4n) is 2.70. The topological polar surface area (TPSA) is 66.9 Å². The van der Waals surface area contributed by atoms with Crippen LogP contribution in [0.25, 0.3) is 0 Å². The Kier molecular flexibility index (Phi) is 4.32. The van der Waals surface area contributed by atoms with Crippen molar-refractivity contribution >= 4 is 23.2 Å². The monoisotopic (exact) mass is 296 g/mol. The molecule has 2 aromatic rings. The highest BCUT2D eigenvalue weighted by atomic mass is 16.1. The van der Waals surface area contributed by atoms with Crippen LogP contribution in [-0.4, -0.2) is 21.8 Å². The van der Waals surface area contributed by atoms with E-state index in [-0.39, 0.29) is 5.78 Å². The Morgan fingerprint density at radius 3 is 2.55 bits per heavy atom. The molecule has 1 aliphatic rings. The number of ketones is 1. The molecule has 0 amide bonds. The summed E-state index contributed by atoms with van der Waals surface area (Å²) in [4.78, 5) is 20.0. The van der Waals surface area contributed by atoms with Crippen molar-refractivity contribution in [2.75, 3.05) is 10.6 Å². The second kappa shape index (κ2) is 6.56. The molecule has 0 saturated heterocycles. The Morgan fingerprint density at radius 2 is 1.86 bits per heavy atom. The predicted molar refractivity (Wildman–Crippen MR) is 87.6 cm³/mol. The van der Waals surface area contributed by atoms with E-state index in [9.17, 15) is 4.79 Å². The highest BCUT2D eigenvalue weighted by Crippen LogP contribution is 2.22. The van der Waals surface area contributed by atoms with Crippen molar-refractivity contribution in [3.63, 3.8) is 0 Å². The van der Waals surface area contributed by atoms with Gasteiger partial charge in [0.25, 0.3) is 0 Å². The smallest absolute Gasteiger partial charge is 0.229 e. The molecule has 2 N–H and O–H groups in total. The lowest BCUT2D eigenvalue weighted by atomic mass is 10.1. The third-order valence-electron chi connectivity index (χ3n) is 3.91. The first kappa shape index (κ1) is 14.5. The van der Waals surface area contributed by atoms with E-state index in [4.69, 9.17) is 0 Å². The van der Waals surface area contributed by atoms with Crippen LogP contribution in [-0.2, 0) is 0 Å². The standard InChI is InChI=1S/C17H20N4O/c1-12(22)13-6-8-15(9-7-13)20-17-18-11-10-16(21-17)19-14-4-2-3-5-14/h6-11,14H,2-5H2,1H3,(H2,18,19,20,21). The summed E-state index contributed by atoms with van der Waals surface area (Å²) >= 11 is 0. The average Bonchev–Trinajstić information content (AvgIpc) is 3.01. The number of Topliss-reactive ketones (excluding diaryl/α,β-unsaturated/α-hetero) is 1. The van der Waals surface area contributed by atoms with Gasteiger partial charge >= 0.3 is 0 Å². The van der Waals surface area contributed by atoms with Gasteiger partial charge in [-0.3, -0.25) is 4.79 Å². The van der Waals surface area contributed by atoms with Gasteiger partial charge in [-0.15, -0.1) is 0 Å². The van der Waals surface area contributed by atoms with Crippen LogP contribution in [0.5, 0.6) is 0 Å². The number of nitrogens with one attached hydrogen (secondary N) is 2. The molecule has 0 radical (unpaired) electrons. The molecule has 0 atom stereocenters. The summed E-state index contributed by atoms with van der Waals surface area (Å²) in [6.07, 6.45) is 6.74. The quantitative estimate of drug-likeness (QED) is 0.822. The lowest BCUT2D eigenvalue weighted by Crippen LogP contribution is -2.15. The molecule has 0 spiro atoms. The zero-order valence-electron chi connectivity index (χ0n) is 12.7. The molecule has 0 unspecified atom stereocenters. The Balaban J connectivity index is 1.67. The highest BCUT2D eigenvalue weighted by Gasteiger charge is 2.15. The summed E-state index contributed by atoms with van der Waals surface area (Å²) in [5, 5.41) is 6.62. The molecule has 0 bridgehead atoms. The minimum atomic E-state index is 0.0607. The van der Waals surface area contributed by atoms with Crippen molar-refractivity contribution in [1.29, 1.82) is 0 Å². The van der Waals surface area contributed by atoms with Crippen LogP contribution in [0.4, 0.5) is 17.5 Å². The summed E-state index contributed by atoms with van der Waals surface area (Å²) in [7, 11) is 0. The zero-order chi connectivity index (χ0) is 15.4. The largest absolute Gasteiger partial charge is 0.367 e. The summed E-state index contributed by atoms with van der Waals surface area (Å²) < 4.78 is 0. The molecule has 1 aliphatic carbocycles. The number of benzene rings is 1. The number of hydrogen-bond donors (Lipinski definition) is 2. The molecule has 114 valence electrons. The van der Waals surface area contributed by atoms with Crippen LogP contribution in [0.1, 0.15) is 43.0 Å². The Hall–Kier alpha value is -2.43. The SMILES string of the molecule is CC(=O)c1ccc(Nc2nccc(NC3CCCC3)n2)cc1. The number of hydrogen-bond acceptors (Lipinski definition) is 5. The lowest BCUT2D eigenvalue weighted by molar-refractivity contribution is 0.101. The molecule has 5 heteroatoms. The van der Waals surface area contributed by atoms with Gasteiger partial charge in [0, 0.05) is 23.5 Å². The van der Waals surface area contributed by atoms with E-state index in [2.05, 4.69) is 20.6 Å². The molecular formula is C17H20N4O. The van der Waals surface area contributed by atoms with Crippen molar-refractivity contribution < 1.29 is 4.79 Å². The fraction of sp³-hybridized carbons (Fsp3) is 0.353. The van der Waals surface area contributed by atoms with E-state index >= 15 is 0 Å². The van der Waals surface area contributed by atoms with Gasteiger partial charge in [0.05, 0.1) is 0 Å². The second-order valence-corrected chi connectivity index (χ2v) is 5.65. The highest BCUT2D eigenvalue weighted by molar-refractivity contribution is 5.94. The maximum absolute atomic E-state index is 11.3. The fourth-order valence-corrected chi connectivity index (χ4v) is 2.70. The van der Waals surface area contributed by atoms with E-state index in [1.807, 2.05) is 18.2 Å². The minimum absolute atomic E-state index is 0.0607. The first-order valence-corrected chi connectivity index (χ1v) is 7.68. The van der Waals surface area contributed by atoms with Gasteiger partial charge < -0.3 is 10.6 Å². The number of nitrogens with zero attached hydrogens (tertiary/aromatic N) is 2. The molecule has 1 fully saturated rings. The third kappa shape index (κ3) is 3.61. The molecule has 1 heterocycles. The minimum Gasteiger partial charge on any atom is -0.367 e. The van der Waals surface area contributed by atoms with E-state index in [0.29, 0.717) is 17.6 Å². The van der Waals surface area contributed by atoms with Crippen LogP contribution >= 0.6 is 0 Å². The van der Waals surface area contributed by atoms with Crippen LogP contribution in [0.15, 0.2) is 36.5 Å². The van der Waals surface area contributed by atoms with Gasteiger partial charge in [-0.2, -0.15) is 4.98 Å². The number of aromatic nitrogens is 2. The molecule has 22 heavy (non-hydrogen) atoms. The average molecular weight is 296 g/mol. The molecule has 0 aliphatic heterocycles. The van der Waals surface area contributed by atoms with Crippen LogP contribution < -0.4 is 10.6 Å². The van der Waals surface area contributed by atoms with Crippen LogP contribution in [0.3, 0.4) is 0 Å². The molecule has 1 aromatic carbocycles. The van der Waals surface area contributed by atoms with Gasteiger partial charge in [-0.05, 0) is 50.1 Å². The van der Waals surface area contributed by atoms with Crippen molar-refractivity contribution in [3.05, 3.63) is 42.1 Å². The Morgan fingerprint density at radius 1 is 1.14 bits per heavy atom. The molecule has 3 rings (SSSR count). The zero-order valence-corrected chi connectivity index (χ0v) is 12.7. The Labute approximate surface area is 130 Å². The van der Waals surface area contributed by atoms with Crippen LogP contribution in [0.2, 0.25) is 0 Å². The van der Waals surface area contributed by atoms with E-state index in [1.54, 1.807) is 25.3 Å². The normalized spacial score (nSPS) is 14.8.